The van der Waals surface area contributed by atoms with E-state index in [9.17, 15) is 14.4 Å². The number of benzene rings is 2. The minimum absolute atomic E-state index is 0.116. The Morgan fingerprint density at radius 1 is 0.871 bits per heavy atom. The average molecular weight is 414 g/mol. The van der Waals surface area contributed by atoms with E-state index in [1.807, 2.05) is 45.9 Å². The maximum absolute atomic E-state index is 13.1. The predicted octanol–water partition coefficient (Wildman–Crippen LogP) is 3.77. The first-order valence-corrected chi connectivity index (χ1v) is 9.88. The largest absolute Gasteiger partial charge is 0.335 e. The molecule has 4 rings (SSSR count). The maximum Gasteiger partial charge on any atom is 0.335 e. The summed E-state index contributed by atoms with van der Waals surface area (Å²) in [6.07, 6.45) is 1.51. The highest BCUT2D eigenvalue weighted by Gasteiger charge is 2.37. The summed E-state index contributed by atoms with van der Waals surface area (Å²) in [6.45, 7) is 7.78. The van der Waals surface area contributed by atoms with Crippen LogP contribution in [0.15, 0.2) is 54.1 Å². The number of nitrogens with zero attached hydrogens (tertiary/aromatic N) is 3. The number of amides is 4. The second-order valence-electron chi connectivity index (χ2n) is 7.56. The van der Waals surface area contributed by atoms with Crippen LogP contribution in [0.2, 0.25) is 0 Å². The molecule has 1 aliphatic rings. The summed E-state index contributed by atoms with van der Waals surface area (Å²) < 4.78 is 1.79. The van der Waals surface area contributed by atoms with Crippen LogP contribution in [-0.4, -0.2) is 27.6 Å². The summed E-state index contributed by atoms with van der Waals surface area (Å²) in [7, 11) is 0. The van der Waals surface area contributed by atoms with E-state index < -0.39 is 17.8 Å². The molecule has 1 N–H and O–H groups in total. The monoisotopic (exact) mass is 414 g/mol. The number of hydrogen-bond donors (Lipinski definition) is 1. The van der Waals surface area contributed by atoms with Crippen LogP contribution in [0.4, 0.5) is 10.5 Å². The van der Waals surface area contributed by atoms with E-state index >= 15 is 0 Å². The van der Waals surface area contributed by atoms with Crippen molar-refractivity contribution in [1.82, 2.24) is 15.1 Å². The molecule has 3 aromatic rings. The molecule has 0 spiro atoms. The van der Waals surface area contributed by atoms with Crippen LogP contribution in [-0.2, 0) is 9.59 Å². The lowest BCUT2D eigenvalue weighted by Gasteiger charge is -2.26. The Hall–Kier alpha value is -4.00. The molecule has 0 saturated carbocycles. The van der Waals surface area contributed by atoms with Crippen molar-refractivity contribution < 1.29 is 14.4 Å². The standard InChI is InChI=1S/C24H22N4O3/c1-14-10-11-19(12-15(14)2)28-17(4)20(16(3)26-28)13-21-22(29)25-24(31)27(23(21)30)18-8-6-5-7-9-18/h5-13H,1-4H3,(H,25,29,31)/b21-13-. The highest BCUT2D eigenvalue weighted by atomic mass is 16.2. The number of carbonyl (C=O) groups excluding carboxylic acids is 3. The molecule has 7 nitrogen and oxygen atoms in total. The Balaban J connectivity index is 1.78. The summed E-state index contributed by atoms with van der Waals surface area (Å²) >= 11 is 0. The summed E-state index contributed by atoms with van der Waals surface area (Å²) in [5, 5.41) is 6.86. The molecule has 0 bridgehead atoms. The van der Waals surface area contributed by atoms with Crippen LogP contribution >= 0.6 is 0 Å². The van der Waals surface area contributed by atoms with Crippen LogP contribution in [0.1, 0.15) is 28.1 Å². The van der Waals surface area contributed by atoms with Crippen LogP contribution in [0, 0.1) is 27.7 Å². The maximum atomic E-state index is 13.1. The Kier molecular flexibility index (Phi) is 5.02. The van der Waals surface area contributed by atoms with Gasteiger partial charge in [-0.2, -0.15) is 5.10 Å². The summed E-state index contributed by atoms with van der Waals surface area (Å²) in [4.78, 5) is 38.9. The number of barbiturate groups is 1. The second-order valence-corrected chi connectivity index (χ2v) is 7.56. The highest BCUT2D eigenvalue weighted by Crippen LogP contribution is 2.25. The molecule has 2 heterocycles. The molecule has 4 amide bonds. The molecule has 1 fully saturated rings. The van der Waals surface area contributed by atoms with Gasteiger partial charge in [-0.15, -0.1) is 0 Å². The third-order valence-electron chi connectivity index (χ3n) is 5.49. The summed E-state index contributed by atoms with van der Waals surface area (Å²) in [5.41, 5.74) is 5.63. The lowest BCUT2D eigenvalue weighted by Crippen LogP contribution is -2.54. The number of aryl methyl sites for hydroxylation is 3. The predicted molar refractivity (Wildman–Crippen MR) is 118 cm³/mol. The fourth-order valence-corrected chi connectivity index (χ4v) is 3.59. The molecule has 0 unspecified atom stereocenters. The van der Waals surface area contributed by atoms with Crippen molar-refractivity contribution in [3.05, 3.63) is 82.2 Å². The lowest BCUT2D eigenvalue weighted by molar-refractivity contribution is -0.122. The van der Waals surface area contributed by atoms with Gasteiger partial charge >= 0.3 is 6.03 Å². The fourth-order valence-electron chi connectivity index (χ4n) is 3.59. The lowest BCUT2D eigenvalue weighted by atomic mass is 10.1. The molecule has 2 aromatic carbocycles. The van der Waals surface area contributed by atoms with Crippen molar-refractivity contribution in [3.8, 4) is 5.69 Å². The van der Waals surface area contributed by atoms with Gasteiger partial charge in [0.1, 0.15) is 5.57 Å². The molecule has 31 heavy (non-hydrogen) atoms. The van der Waals surface area contributed by atoms with Crippen molar-refractivity contribution in [2.45, 2.75) is 27.7 Å². The Morgan fingerprint density at radius 2 is 1.58 bits per heavy atom. The van der Waals surface area contributed by atoms with Gasteiger partial charge in [0.05, 0.1) is 17.1 Å². The van der Waals surface area contributed by atoms with Crippen molar-refractivity contribution in [2.75, 3.05) is 4.90 Å². The SMILES string of the molecule is Cc1ccc(-n2nc(C)c(/C=C3/C(=O)NC(=O)N(c4ccccc4)C3=O)c2C)cc1C. The topological polar surface area (TPSA) is 84.3 Å². The number of imide groups is 2. The smallest absolute Gasteiger partial charge is 0.273 e. The minimum atomic E-state index is -0.766. The molecular weight excluding hydrogens is 392 g/mol. The van der Waals surface area contributed by atoms with Crippen LogP contribution < -0.4 is 10.2 Å². The number of carbonyl (C=O) groups is 3. The zero-order valence-electron chi connectivity index (χ0n) is 17.8. The van der Waals surface area contributed by atoms with Crippen molar-refractivity contribution in [1.29, 1.82) is 0 Å². The molecule has 0 atom stereocenters. The van der Waals surface area contributed by atoms with E-state index in [4.69, 9.17) is 0 Å². The van der Waals surface area contributed by atoms with Crippen LogP contribution in [0.3, 0.4) is 0 Å². The third-order valence-corrected chi connectivity index (χ3v) is 5.49. The Labute approximate surface area is 180 Å². The van der Waals surface area contributed by atoms with E-state index in [0.717, 1.165) is 21.8 Å². The third kappa shape index (κ3) is 3.54. The number of nitrogens with one attached hydrogen (secondary N) is 1. The number of para-hydroxylation sites is 1. The van der Waals surface area contributed by atoms with Crippen molar-refractivity contribution >= 4 is 29.6 Å². The highest BCUT2D eigenvalue weighted by molar-refractivity contribution is 6.39. The molecule has 0 radical (unpaired) electrons. The molecule has 156 valence electrons. The Morgan fingerprint density at radius 3 is 2.26 bits per heavy atom. The second kappa shape index (κ2) is 7.68. The zero-order chi connectivity index (χ0) is 22.3. The van der Waals surface area contributed by atoms with Crippen molar-refractivity contribution in [3.63, 3.8) is 0 Å². The number of anilines is 1. The first-order chi connectivity index (χ1) is 14.8. The summed E-state index contributed by atoms with van der Waals surface area (Å²) in [5.74, 6) is -1.39. The molecule has 1 saturated heterocycles. The van der Waals surface area contributed by atoms with Gasteiger partial charge in [0.25, 0.3) is 11.8 Å². The van der Waals surface area contributed by atoms with E-state index in [1.165, 1.54) is 11.6 Å². The summed E-state index contributed by atoms with van der Waals surface area (Å²) in [6, 6.07) is 13.8. The van der Waals surface area contributed by atoms with Gasteiger partial charge in [-0.3, -0.25) is 14.9 Å². The van der Waals surface area contributed by atoms with E-state index in [0.29, 0.717) is 16.9 Å². The van der Waals surface area contributed by atoms with Gasteiger partial charge in [0.2, 0.25) is 0 Å². The molecular formula is C24H22N4O3. The van der Waals surface area contributed by atoms with E-state index in [1.54, 1.807) is 35.0 Å². The number of hydrogen-bond acceptors (Lipinski definition) is 4. The van der Waals surface area contributed by atoms with E-state index in [2.05, 4.69) is 10.4 Å². The Bertz CT molecular complexity index is 1260. The molecule has 1 aliphatic heterocycles. The van der Waals surface area contributed by atoms with Gasteiger partial charge in [-0.05, 0) is 69.2 Å². The molecule has 7 heteroatoms. The van der Waals surface area contributed by atoms with E-state index in [-0.39, 0.29) is 5.57 Å². The first-order valence-electron chi connectivity index (χ1n) is 9.88. The first kappa shape index (κ1) is 20.3. The van der Waals surface area contributed by atoms with Gasteiger partial charge in [-0.1, -0.05) is 24.3 Å². The van der Waals surface area contributed by atoms with Gasteiger partial charge in [-0.25, -0.2) is 14.4 Å². The quantitative estimate of drug-likeness (QED) is 0.522. The average Bonchev–Trinajstić information content (AvgIpc) is 3.01. The normalized spacial score (nSPS) is 15.5. The fraction of sp³-hybridized carbons (Fsp3) is 0.167. The number of urea groups is 1. The number of aromatic nitrogens is 2. The van der Waals surface area contributed by atoms with Crippen LogP contribution in [0.25, 0.3) is 11.8 Å². The van der Waals surface area contributed by atoms with Crippen molar-refractivity contribution in [2.24, 2.45) is 0 Å². The van der Waals surface area contributed by atoms with Gasteiger partial charge in [0.15, 0.2) is 0 Å². The molecule has 0 aliphatic carbocycles. The van der Waals surface area contributed by atoms with Gasteiger partial charge < -0.3 is 0 Å². The number of rotatable bonds is 3. The minimum Gasteiger partial charge on any atom is -0.273 e. The molecule has 1 aromatic heterocycles. The van der Waals surface area contributed by atoms with Gasteiger partial charge in [0, 0.05) is 11.3 Å². The zero-order valence-corrected chi connectivity index (χ0v) is 17.8. The van der Waals surface area contributed by atoms with Crippen LogP contribution in [0.5, 0.6) is 0 Å².